The fourth-order valence-corrected chi connectivity index (χ4v) is 2.24. The van der Waals surface area contributed by atoms with Gasteiger partial charge in [0.15, 0.2) is 5.84 Å². The van der Waals surface area contributed by atoms with Crippen molar-refractivity contribution in [3.8, 4) is 0 Å². The molecule has 1 aromatic carbocycles. The van der Waals surface area contributed by atoms with E-state index >= 15 is 0 Å². The van der Waals surface area contributed by atoms with Gasteiger partial charge in [0.25, 0.3) is 0 Å². The fraction of sp³-hybridized carbons (Fsp3) is 0.462. The highest BCUT2D eigenvalue weighted by atomic mass is 19.4. The number of rotatable bonds is 5. The number of nitrogens with zero attached hydrogens (tertiary/aromatic N) is 2. The Kier molecular flexibility index (Phi) is 4.26. The minimum atomic E-state index is -4.62. The Morgan fingerprint density at radius 2 is 2.05 bits per heavy atom. The largest absolute Gasteiger partial charge is 0.417 e. The molecule has 4 N–H and O–H groups in total. The van der Waals surface area contributed by atoms with E-state index in [1.54, 1.807) is 4.90 Å². The summed E-state index contributed by atoms with van der Waals surface area (Å²) < 4.78 is 39.4. The highest BCUT2D eigenvalue weighted by Gasteiger charge is 2.36. The summed E-state index contributed by atoms with van der Waals surface area (Å²) >= 11 is 0. The molecule has 8 heteroatoms. The number of alkyl halides is 3. The number of aliphatic hydroxyl groups is 1. The third-order valence-corrected chi connectivity index (χ3v) is 3.35. The summed E-state index contributed by atoms with van der Waals surface area (Å²) in [5, 5.41) is 20.3. The maximum absolute atomic E-state index is 13.1. The van der Waals surface area contributed by atoms with Crippen LogP contribution in [0.3, 0.4) is 0 Å². The summed E-state index contributed by atoms with van der Waals surface area (Å²) in [5.41, 5.74) is 4.34. The summed E-state index contributed by atoms with van der Waals surface area (Å²) in [6.45, 7) is 0.130. The van der Waals surface area contributed by atoms with E-state index in [1.165, 1.54) is 12.1 Å². The van der Waals surface area contributed by atoms with Gasteiger partial charge in [-0.25, -0.2) is 0 Å². The number of oxime groups is 1. The topological polar surface area (TPSA) is 82.1 Å². The van der Waals surface area contributed by atoms with Gasteiger partial charge in [0.05, 0.1) is 12.2 Å². The average molecular weight is 303 g/mol. The zero-order chi connectivity index (χ0) is 15.6. The van der Waals surface area contributed by atoms with Crippen molar-refractivity contribution in [2.75, 3.05) is 18.1 Å². The number of halogens is 3. The molecule has 0 atom stereocenters. The predicted octanol–water partition coefficient (Wildman–Crippen LogP) is 1.76. The summed E-state index contributed by atoms with van der Waals surface area (Å²) in [6.07, 6.45) is -2.83. The van der Waals surface area contributed by atoms with Crippen LogP contribution < -0.4 is 10.6 Å². The molecule has 0 spiro atoms. The molecule has 0 heterocycles. The zero-order valence-corrected chi connectivity index (χ0v) is 11.1. The van der Waals surface area contributed by atoms with Crippen LogP contribution in [0.2, 0.25) is 0 Å². The van der Waals surface area contributed by atoms with Crippen LogP contribution in [0.15, 0.2) is 23.4 Å². The first-order valence-electron chi connectivity index (χ1n) is 6.45. The van der Waals surface area contributed by atoms with Crippen LogP contribution in [-0.4, -0.2) is 35.3 Å². The third-order valence-electron chi connectivity index (χ3n) is 3.35. The van der Waals surface area contributed by atoms with E-state index in [9.17, 15) is 13.2 Å². The maximum Gasteiger partial charge on any atom is 0.417 e. The van der Waals surface area contributed by atoms with Gasteiger partial charge in [-0.1, -0.05) is 5.16 Å². The highest BCUT2D eigenvalue weighted by molar-refractivity contribution is 5.99. The standard InChI is InChI=1S/C13H16F3N3O2/c14-13(15,16)11-7-9(3-4-10(11)12(17)18-21)19(5-6-20)8-1-2-8/h3-4,7-8,20-21H,1-2,5-6H2,(H2,17,18). The van der Waals surface area contributed by atoms with Crippen molar-refractivity contribution in [2.45, 2.75) is 25.1 Å². The molecule has 0 amide bonds. The van der Waals surface area contributed by atoms with Crippen LogP contribution in [0.4, 0.5) is 18.9 Å². The van der Waals surface area contributed by atoms with Crippen molar-refractivity contribution in [2.24, 2.45) is 10.9 Å². The SMILES string of the molecule is NC(=NO)c1ccc(N(CCO)C2CC2)cc1C(F)(F)F. The molecular weight excluding hydrogens is 287 g/mol. The van der Waals surface area contributed by atoms with Crippen molar-refractivity contribution in [3.05, 3.63) is 29.3 Å². The first-order chi connectivity index (χ1) is 9.88. The second-order valence-corrected chi connectivity index (χ2v) is 4.86. The molecule has 1 saturated carbocycles. The van der Waals surface area contributed by atoms with Gasteiger partial charge in [0.2, 0.25) is 0 Å². The lowest BCUT2D eigenvalue weighted by Crippen LogP contribution is -2.29. The third kappa shape index (κ3) is 3.38. The van der Waals surface area contributed by atoms with Crippen LogP contribution in [0, 0.1) is 0 Å². The molecule has 5 nitrogen and oxygen atoms in total. The smallest absolute Gasteiger partial charge is 0.409 e. The van der Waals surface area contributed by atoms with Crippen molar-refractivity contribution in [1.82, 2.24) is 0 Å². The molecule has 1 aliphatic carbocycles. The van der Waals surface area contributed by atoms with Crippen LogP contribution in [0.25, 0.3) is 0 Å². The van der Waals surface area contributed by atoms with E-state index < -0.39 is 17.6 Å². The van der Waals surface area contributed by atoms with Crippen molar-refractivity contribution >= 4 is 11.5 Å². The Hall–Kier alpha value is -1.96. The summed E-state index contributed by atoms with van der Waals surface area (Å²) in [7, 11) is 0. The fourth-order valence-electron chi connectivity index (χ4n) is 2.24. The molecule has 0 aliphatic heterocycles. The Bertz CT molecular complexity index is 542. The number of hydrogen-bond acceptors (Lipinski definition) is 4. The van der Waals surface area contributed by atoms with Gasteiger partial charge in [-0.3, -0.25) is 0 Å². The maximum atomic E-state index is 13.1. The van der Waals surface area contributed by atoms with Gasteiger partial charge in [0, 0.05) is 23.8 Å². The predicted molar refractivity (Wildman–Crippen MR) is 71.4 cm³/mol. The van der Waals surface area contributed by atoms with Crippen molar-refractivity contribution in [1.29, 1.82) is 0 Å². The number of hydrogen-bond donors (Lipinski definition) is 3. The van der Waals surface area contributed by atoms with Gasteiger partial charge in [-0.15, -0.1) is 0 Å². The molecular formula is C13H16F3N3O2. The van der Waals surface area contributed by atoms with Gasteiger partial charge in [-0.2, -0.15) is 13.2 Å². The molecule has 0 saturated heterocycles. The Balaban J connectivity index is 2.45. The summed E-state index contributed by atoms with van der Waals surface area (Å²) in [5.74, 6) is -0.589. The molecule has 2 rings (SSSR count). The first kappa shape index (κ1) is 15.4. The quantitative estimate of drug-likeness (QED) is 0.335. The monoisotopic (exact) mass is 303 g/mol. The minimum Gasteiger partial charge on any atom is -0.409 e. The number of anilines is 1. The van der Waals surface area contributed by atoms with Crippen molar-refractivity contribution in [3.63, 3.8) is 0 Å². The molecule has 0 radical (unpaired) electrons. The second-order valence-electron chi connectivity index (χ2n) is 4.86. The average Bonchev–Trinajstić information content (AvgIpc) is 3.27. The Morgan fingerprint density at radius 3 is 2.52 bits per heavy atom. The molecule has 21 heavy (non-hydrogen) atoms. The molecule has 1 fully saturated rings. The number of benzene rings is 1. The van der Waals surface area contributed by atoms with Gasteiger partial charge in [0.1, 0.15) is 0 Å². The lowest BCUT2D eigenvalue weighted by Gasteiger charge is -2.25. The molecule has 116 valence electrons. The van der Waals surface area contributed by atoms with E-state index in [0.29, 0.717) is 5.69 Å². The van der Waals surface area contributed by atoms with Gasteiger partial charge >= 0.3 is 6.18 Å². The van der Waals surface area contributed by atoms with E-state index in [-0.39, 0.29) is 24.8 Å². The molecule has 0 aromatic heterocycles. The second kappa shape index (κ2) is 5.80. The van der Waals surface area contributed by atoms with Crippen LogP contribution in [0.5, 0.6) is 0 Å². The van der Waals surface area contributed by atoms with Crippen LogP contribution in [0.1, 0.15) is 24.0 Å². The normalized spacial score (nSPS) is 16.1. The number of nitrogens with two attached hydrogens (primary N) is 1. The highest BCUT2D eigenvalue weighted by Crippen LogP contribution is 2.37. The van der Waals surface area contributed by atoms with E-state index in [4.69, 9.17) is 16.0 Å². The van der Waals surface area contributed by atoms with Gasteiger partial charge in [-0.05, 0) is 31.0 Å². The molecule has 0 unspecified atom stereocenters. The van der Waals surface area contributed by atoms with Gasteiger partial charge < -0.3 is 20.9 Å². The number of aliphatic hydroxyl groups excluding tert-OH is 1. The summed E-state index contributed by atoms with van der Waals surface area (Å²) in [6, 6.07) is 3.80. The Labute approximate surface area is 119 Å². The van der Waals surface area contributed by atoms with Crippen LogP contribution >= 0.6 is 0 Å². The lowest BCUT2D eigenvalue weighted by atomic mass is 10.0. The molecule has 1 aromatic rings. The van der Waals surface area contributed by atoms with E-state index in [2.05, 4.69) is 5.16 Å². The summed E-state index contributed by atoms with van der Waals surface area (Å²) in [4.78, 5) is 1.74. The lowest BCUT2D eigenvalue weighted by molar-refractivity contribution is -0.137. The van der Waals surface area contributed by atoms with E-state index in [0.717, 1.165) is 18.9 Å². The molecule has 1 aliphatic rings. The number of amidine groups is 1. The van der Waals surface area contributed by atoms with E-state index in [1.807, 2.05) is 0 Å². The zero-order valence-electron chi connectivity index (χ0n) is 11.1. The molecule has 0 bridgehead atoms. The van der Waals surface area contributed by atoms with Crippen LogP contribution in [-0.2, 0) is 6.18 Å². The minimum absolute atomic E-state index is 0.139. The van der Waals surface area contributed by atoms with Crippen molar-refractivity contribution < 1.29 is 23.5 Å². The first-order valence-corrected chi connectivity index (χ1v) is 6.45. The Morgan fingerprint density at radius 1 is 1.38 bits per heavy atom.